The van der Waals surface area contributed by atoms with Gasteiger partial charge in [-0.1, -0.05) is 25.2 Å². The summed E-state index contributed by atoms with van der Waals surface area (Å²) in [4.78, 5) is 30.1. The number of hydrogen-bond acceptors (Lipinski definition) is 6. The average molecular weight is 311 g/mol. The summed E-state index contributed by atoms with van der Waals surface area (Å²) in [6.07, 6.45) is 0.623. The Morgan fingerprint density at radius 2 is 2.29 bits per heavy atom. The van der Waals surface area contributed by atoms with Crippen molar-refractivity contribution < 1.29 is 9.59 Å². The maximum absolute atomic E-state index is 12.2. The minimum atomic E-state index is -0.462. The van der Waals surface area contributed by atoms with Gasteiger partial charge in [0.05, 0.1) is 0 Å². The van der Waals surface area contributed by atoms with Gasteiger partial charge in [-0.3, -0.25) is 9.59 Å². The molecule has 1 aromatic rings. The van der Waals surface area contributed by atoms with Gasteiger partial charge in [-0.15, -0.1) is 0 Å². The molecule has 7 nitrogen and oxygen atoms in total. The number of nitrogen functional groups attached to an aromatic ring is 1. The molecule has 0 aromatic carbocycles. The quantitative estimate of drug-likeness (QED) is 0.745. The monoisotopic (exact) mass is 311 g/mol. The molecular weight excluding hydrogens is 290 g/mol. The number of likely N-dealkylation sites (tertiary alicyclic amines) is 1. The van der Waals surface area contributed by atoms with E-state index in [1.54, 1.807) is 11.9 Å². The number of anilines is 2. The molecule has 8 heteroatoms. The average Bonchev–Trinajstić information content (AvgIpc) is 2.94. The number of aromatic nitrogens is 1. The number of nitrogens with zero attached hydrogens (tertiary/aromatic N) is 2. The third-order valence-electron chi connectivity index (χ3n) is 3.25. The predicted molar refractivity (Wildman–Crippen MR) is 83.4 cm³/mol. The minimum absolute atomic E-state index is 0.0652. The Hall–Kier alpha value is -1.83. The first-order valence-electron chi connectivity index (χ1n) is 6.94. The van der Waals surface area contributed by atoms with Crippen molar-refractivity contribution in [1.29, 1.82) is 0 Å². The molecule has 2 amide bonds. The molecule has 2 heterocycles. The van der Waals surface area contributed by atoms with Crippen molar-refractivity contribution in [2.24, 2.45) is 5.92 Å². The lowest BCUT2D eigenvalue weighted by molar-refractivity contribution is -0.128. The Morgan fingerprint density at radius 1 is 1.57 bits per heavy atom. The third-order valence-corrected chi connectivity index (χ3v) is 4.28. The summed E-state index contributed by atoms with van der Waals surface area (Å²) in [5.41, 5.74) is 5.79. The van der Waals surface area contributed by atoms with Crippen LogP contribution >= 0.6 is 11.3 Å². The van der Waals surface area contributed by atoms with Crippen LogP contribution in [0.1, 0.15) is 29.9 Å². The summed E-state index contributed by atoms with van der Waals surface area (Å²) in [6, 6.07) is -0.462. The van der Waals surface area contributed by atoms with Gasteiger partial charge in [-0.25, -0.2) is 4.98 Å². The highest BCUT2D eigenvalue weighted by Gasteiger charge is 2.31. The normalized spacial score (nSPS) is 18.4. The second-order valence-electron chi connectivity index (χ2n) is 5.58. The van der Waals surface area contributed by atoms with E-state index in [4.69, 9.17) is 5.73 Å². The zero-order chi connectivity index (χ0) is 15.6. The summed E-state index contributed by atoms with van der Waals surface area (Å²) >= 11 is 1.21. The molecule has 4 N–H and O–H groups in total. The molecule has 0 saturated carbocycles. The van der Waals surface area contributed by atoms with Crippen LogP contribution in [0.25, 0.3) is 0 Å². The lowest BCUT2D eigenvalue weighted by atomic mass is 10.2. The molecule has 116 valence electrons. The van der Waals surface area contributed by atoms with Crippen LogP contribution in [0.5, 0.6) is 0 Å². The smallest absolute Gasteiger partial charge is 0.265 e. The van der Waals surface area contributed by atoms with Gasteiger partial charge in [0, 0.05) is 20.1 Å². The summed E-state index contributed by atoms with van der Waals surface area (Å²) in [6.45, 7) is 5.59. The lowest BCUT2D eigenvalue weighted by Gasteiger charge is -2.11. The van der Waals surface area contributed by atoms with Gasteiger partial charge in [0.15, 0.2) is 5.13 Å². The Balaban J connectivity index is 2.01. The van der Waals surface area contributed by atoms with Gasteiger partial charge < -0.3 is 21.3 Å². The number of thiazole rings is 1. The van der Waals surface area contributed by atoms with Crippen molar-refractivity contribution >= 4 is 34.1 Å². The van der Waals surface area contributed by atoms with E-state index in [0.717, 1.165) is 6.54 Å². The molecular formula is C13H21N5O2S. The van der Waals surface area contributed by atoms with E-state index in [0.29, 0.717) is 28.9 Å². The van der Waals surface area contributed by atoms with E-state index in [2.05, 4.69) is 29.5 Å². The number of hydrogen-bond donors (Lipinski definition) is 3. The predicted octanol–water partition coefficient (Wildman–Crippen LogP) is 0.754. The van der Waals surface area contributed by atoms with Gasteiger partial charge in [0.2, 0.25) is 5.91 Å². The Bertz CT molecular complexity index is 543. The fourth-order valence-electron chi connectivity index (χ4n) is 2.04. The zero-order valence-electron chi connectivity index (χ0n) is 12.5. The molecule has 2 rings (SSSR count). The highest BCUT2D eigenvalue weighted by molar-refractivity contribution is 7.18. The molecule has 1 unspecified atom stereocenters. The highest BCUT2D eigenvalue weighted by atomic mass is 32.1. The molecule has 1 atom stereocenters. The standard InChI is InChI=1S/C13H21N5O2S/c1-7(2)6-15-13-17-10(14)9(21-13)11(19)16-8-4-5-18(3)12(8)20/h7-8H,4-6,14H2,1-3H3,(H,15,17)(H,16,19). The van der Waals surface area contributed by atoms with Crippen LogP contribution in [0.4, 0.5) is 10.9 Å². The van der Waals surface area contributed by atoms with Crippen molar-refractivity contribution in [2.75, 3.05) is 31.2 Å². The van der Waals surface area contributed by atoms with E-state index in [1.165, 1.54) is 11.3 Å². The van der Waals surface area contributed by atoms with E-state index in [1.807, 2.05) is 0 Å². The van der Waals surface area contributed by atoms with Gasteiger partial charge >= 0.3 is 0 Å². The first kappa shape index (κ1) is 15.6. The summed E-state index contributed by atoms with van der Waals surface area (Å²) < 4.78 is 0. The van der Waals surface area contributed by atoms with E-state index in [9.17, 15) is 9.59 Å². The van der Waals surface area contributed by atoms with Gasteiger partial charge in [-0.05, 0) is 12.3 Å². The summed E-state index contributed by atoms with van der Waals surface area (Å²) in [5, 5.41) is 6.49. The van der Waals surface area contributed by atoms with Crippen LogP contribution in [0.3, 0.4) is 0 Å². The minimum Gasteiger partial charge on any atom is -0.382 e. The van der Waals surface area contributed by atoms with Crippen molar-refractivity contribution in [3.63, 3.8) is 0 Å². The van der Waals surface area contributed by atoms with Gasteiger partial charge in [-0.2, -0.15) is 0 Å². The maximum Gasteiger partial charge on any atom is 0.265 e. The second-order valence-corrected chi connectivity index (χ2v) is 6.58. The molecule has 0 spiro atoms. The second kappa shape index (κ2) is 6.30. The first-order valence-corrected chi connectivity index (χ1v) is 7.76. The van der Waals surface area contributed by atoms with Crippen LogP contribution < -0.4 is 16.4 Å². The highest BCUT2D eigenvalue weighted by Crippen LogP contribution is 2.25. The van der Waals surface area contributed by atoms with E-state index in [-0.39, 0.29) is 17.6 Å². The first-order chi connectivity index (χ1) is 9.88. The molecule has 1 aliphatic rings. The maximum atomic E-state index is 12.2. The number of carbonyl (C=O) groups is 2. The number of nitrogens with one attached hydrogen (secondary N) is 2. The van der Waals surface area contributed by atoms with Crippen molar-refractivity contribution in [2.45, 2.75) is 26.3 Å². The third kappa shape index (κ3) is 3.63. The SMILES string of the molecule is CC(C)CNc1nc(N)c(C(=O)NC2CCN(C)C2=O)s1. The Kier molecular flexibility index (Phi) is 4.66. The van der Waals surface area contributed by atoms with Crippen LogP contribution in [0.2, 0.25) is 0 Å². The molecule has 1 fully saturated rings. The number of rotatable bonds is 5. The molecule has 1 aliphatic heterocycles. The topological polar surface area (TPSA) is 100 Å². The molecule has 21 heavy (non-hydrogen) atoms. The fourth-order valence-corrected chi connectivity index (χ4v) is 2.84. The largest absolute Gasteiger partial charge is 0.382 e. The van der Waals surface area contributed by atoms with Crippen LogP contribution in [0.15, 0.2) is 0 Å². The molecule has 0 aliphatic carbocycles. The van der Waals surface area contributed by atoms with Crippen LogP contribution in [-0.2, 0) is 4.79 Å². The molecule has 0 radical (unpaired) electrons. The van der Waals surface area contributed by atoms with Crippen LogP contribution in [0, 0.1) is 5.92 Å². The number of nitrogens with two attached hydrogens (primary N) is 1. The van der Waals surface area contributed by atoms with Crippen molar-refractivity contribution in [1.82, 2.24) is 15.2 Å². The van der Waals surface area contributed by atoms with E-state index >= 15 is 0 Å². The Morgan fingerprint density at radius 3 is 2.86 bits per heavy atom. The summed E-state index contributed by atoms with van der Waals surface area (Å²) in [5.74, 6) is 0.266. The van der Waals surface area contributed by atoms with Crippen molar-refractivity contribution in [3.05, 3.63) is 4.88 Å². The number of carbonyl (C=O) groups excluding carboxylic acids is 2. The van der Waals surface area contributed by atoms with Gasteiger partial charge in [0.25, 0.3) is 5.91 Å². The van der Waals surface area contributed by atoms with E-state index < -0.39 is 6.04 Å². The van der Waals surface area contributed by atoms with Crippen LogP contribution in [-0.4, -0.2) is 47.9 Å². The zero-order valence-corrected chi connectivity index (χ0v) is 13.3. The van der Waals surface area contributed by atoms with Crippen molar-refractivity contribution in [3.8, 4) is 0 Å². The van der Waals surface area contributed by atoms with Gasteiger partial charge in [0.1, 0.15) is 16.7 Å². The molecule has 1 aromatic heterocycles. The number of likely N-dealkylation sites (N-methyl/N-ethyl adjacent to an activating group) is 1. The number of amides is 2. The summed E-state index contributed by atoms with van der Waals surface area (Å²) in [7, 11) is 1.73. The molecule has 0 bridgehead atoms. The Labute approximate surface area is 127 Å². The lowest BCUT2D eigenvalue weighted by Crippen LogP contribution is -2.40. The molecule has 1 saturated heterocycles. The fraction of sp³-hybridized carbons (Fsp3) is 0.615.